The minimum atomic E-state index is -0.620. The zero-order valence-corrected chi connectivity index (χ0v) is 9.50. The van der Waals surface area contributed by atoms with Crippen molar-refractivity contribution in [2.75, 3.05) is 0 Å². The van der Waals surface area contributed by atoms with E-state index in [1.165, 1.54) is 0 Å². The van der Waals surface area contributed by atoms with E-state index in [2.05, 4.69) is 18.9 Å². The monoisotopic (exact) mass is 220 g/mol. The molecule has 86 valence electrons. The Morgan fingerprint density at radius 3 is 2.81 bits per heavy atom. The van der Waals surface area contributed by atoms with Crippen molar-refractivity contribution in [3.63, 3.8) is 0 Å². The molecule has 1 N–H and O–H groups in total. The summed E-state index contributed by atoms with van der Waals surface area (Å²) in [5.74, 6) is 0.582. The molecule has 1 atom stereocenters. The van der Waals surface area contributed by atoms with Crippen LogP contribution in [0, 0.1) is 0 Å². The molecule has 0 aliphatic heterocycles. The number of aliphatic hydroxyl groups excluding tert-OH is 1. The molecule has 0 fully saturated rings. The average Bonchev–Trinajstić information content (AvgIpc) is 2.87. The van der Waals surface area contributed by atoms with Crippen LogP contribution in [0.3, 0.4) is 0 Å². The summed E-state index contributed by atoms with van der Waals surface area (Å²) in [6, 6.07) is 5.80. The van der Waals surface area contributed by atoms with Gasteiger partial charge in [0.05, 0.1) is 12.0 Å². The number of nitrogens with zero attached hydrogens (tertiary/aromatic N) is 2. The molecule has 0 radical (unpaired) electrons. The Balaban J connectivity index is 2.03. The molecule has 0 aliphatic carbocycles. The van der Waals surface area contributed by atoms with Gasteiger partial charge in [0.1, 0.15) is 11.9 Å². The molecule has 0 aliphatic rings. The summed E-state index contributed by atoms with van der Waals surface area (Å²) in [6.45, 7) is 4.14. The number of aromatic nitrogens is 2. The lowest BCUT2D eigenvalue weighted by atomic mass is 10.1. The zero-order valence-electron chi connectivity index (χ0n) is 9.50. The first-order valence-corrected chi connectivity index (χ1v) is 5.42. The highest BCUT2D eigenvalue weighted by atomic mass is 16.4. The molecule has 2 aromatic heterocycles. The quantitative estimate of drug-likeness (QED) is 0.860. The van der Waals surface area contributed by atoms with Crippen LogP contribution in [0.5, 0.6) is 0 Å². The van der Waals surface area contributed by atoms with E-state index in [0.29, 0.717) is 18.2 Å². The van der Waals surface area contributed by atoms with E-state index in [9.17, 15) is 5.11 Å². The van der Waals surface area contributed by atoms with Crippen molar-refractivity contribution in [3.05, 3.63) is 42.1 Å². The van der Waals surface area contributed by atoms with Gasteiger partial charge in [-0.2, -0.15) is 5.10 Å². The molecule has 0 saturated heterocycles. The standard InChI is InChI=1S/C12H16N2O2/c1-9(2)14-6-5-10(13-14)8-11(15)12-4-3-7-16-12/h3-7,9,11,15H,8H2,1-2H3. The van der Waals surface area contributed by atoms with E-state index in [1.54, 1.807) is 18.4 Å². The van der Waals surface area contributed by atoms with Crippen LogP contribution in [0.15, 0.2) is 35.1 Å². The second-order valence-corrected chi connectivity index (χ2v) is 4.12. The van der Waals surface area contributed by atoms with Crippen molar-refractivity contribution < 1.29 is 9.52 Å². The molecular weight excluding hydrogens is 204 g/mol. The molecule has 0 saturated carbocycles. The number of hydrogen-bond donors (Lipinski definition) is 1. The van der Waals surface area contributed by atoms with Gasteiger partial charge in [-0.15, -0.1) is 0 Å². The summed E-state index contributed by atoms with van der Waals surface area (Å²) in [5, 5.41) is 14.2. The molecule has 4 nitrogen and oxygen atoms in total. The molecule has 4 heteroatoms. The van der Waals surface area contributed by atoms with E-state index in [0.717, 1.165) is 5.69 Å². The highest BCUT2D eigenvalue weighted by Crippen LogP contribution is 2.18. The van der Waals surface area contributed by atoms with E-state index < -0.39 is 6.10 Å². The molecule has 2 rings (SSSR count). The molecule has 0 amide bonds. The molecule has 2 aromatic rings. The fraction of sp³-hybridized carbons (Fsp3) is 0.417. The lowest BCUT2D eigenvalue weighted by Crippen LogP contribution is -2.04. The van der Waals surface area contributed by atoms with Gasteiger partial charge >= 0.3 is 0 Å². The van der Waals surface area contributed by atoms with Gasteiger partial charge in [0, 0.05) is 18.7 Å². The van der Waals surface area contributed by atoms with Crippen LogP contribution < -0.4 is 0 Å². The van der Waals surface area contributed by atoms with E-state index in [-0.39, 0.29) is 0 Å². The Morgan fingerprint density at radius 1 is 1.44 bits per heavy atom. The minimum absolute atomic E-state index is 0.342. The Bertz CT molecular complexity index is 432. The van der Waals surface area contributed by atoms with E-state index in [1.807, 2.05) is 16.9 Å². The summed E-state index contributed by atoms with van der Waals surface area (Å²) >= 11 is 0. The number of aliphatic hydroxyl groups is 1. The fourth-order valence-corrected chi connectivity index (χ4v) is 1.55. The summed E-state index contributed by atoms with van der Waals surface area (Å²) in [5.41, 5.74) is 0.873. The van der Waals surface area contributed by atoms with Crippen molar-refractivity contribution in [2.24, 2.45) is 0 Å². The molecular formula is C12H16N2O2. The molecule has 1 unspecified atom stereocenters. The highest BCUT2D eigenvalue weighted by molar-refractivity contribution is 5.08. The molecule has 2 heterocycles. The Hall–Kier alpha value is -1.55. The van der Waals surface area contributed by atoms with Crippen molar-refractivity contribution >= 4 is 0 Å². The largest absolute Gasteiger partial charge is 0.467 e. The summed E-state index contributed by atoms with van der Waals surface area (Å²) < 4.78 is 7.02. The molecule has 0 bridgehead atoms. The SMILES string of the molecule is CC(C)n1ccc(CC(O)c2ccco2)n1. The van der Waals surface area contributed by atoms with Gasteiger partial charge in [0.15, 0.2) is 0 Å². The number of rotatable bonds is 4. The fourth-order valence-electron chi connectivity index (χ4n) is 1.55. The first-order valence-electron chi connectivity index (χ1n) is 5.42. The lowest BCUT2D eigenvalue weighted by molar-refractivity contribution is 0.149. The van der Waals surface area contributed by atoms with Crippen LogP contribution in [-0.4, -0.2) is 14.9 Å². The summed E-state index contributed by atoms with van der Waals surface area (Å²) in [6.07, 6.45) is 3.35. The van der Waals surface area contributed by atoms with Crippen LogP contribution in [-0.2, 0) is 6.42 Å². The highest BCUT2D eigenvalue weighted by Gasteiger charge is 2.13. The smallest absolute Gasteiger partial charge is 0.132 e. The van der Waals surface area contributed by atoms with E-state index in [4.69, 9.17) is 4.42 Å². The predicted octanol–water partition coefficient (Wildman–Crippen LogP) is 2.33. The minimum Gasteiger partial charge on any atom is -0.467 e. The van der Waals surface area contributed by atoms with Crippen molar-refractivity contribution in [2.45, 2.75) is 32.4 Å². The van der Waals surface area contributed by atoms with Crippen molar-refractivity contribution in [1.29, 1.82) is 0 Å². The molecule has 0 aromatic carbocycles. The van der Waals surface area contributed by atoms with Gasteiger partial charge in [-0.3, -0.25) is 4.68 Å². The third-order valence-electron chi connectivity index (χ3n) is 2.47. The predicted molar refractivity (Wildman–Crippen MR) is 60.0 cm³/mol. The average molecular weight is 220 g/mol. The summed E-state index contributed by atoms with van der Waals surface area (Å²) in [4.78, 5) is 0. The van der Waals surface area contributed by atoms with Crippen molar-refractivity contribution in [3.8, 4) is 0 Å². The van der Waals surface area contributed by atoms with Gasteiger partial charge in [0.25, 0.3) is 0 Å². The van der Waals surface area contributed by atoms with Crippen LogP contribution in [0.1, 0.15) is 37.4 Å². The first-order chi connectivity index (χ1) is 7.66. The Labute approximate surface area is 94.5 Å². The maximum atomic E-state index is 9.87. The van der Waals surface area contributed by atoms with Crippen LogP contribution >= 0.6 is 0 Å². The normalized spacial score (nSPS) is 13.2. The van der Waals surface area contributed by atoms with E-state index >= 15 is 0 Å². The topological polar surface area (TPSA) is 51.2 Å². The molecule has 16 heavy (non-hydrogen) atoms. The second kappa shape index (κ2) is 4.53. The van der Waals surface area contributed by atoms with Gasteiger partial charge < -0.3 is 9.52 Å². The van der Waals surface area contributed by atoms with Crippen LogP contribution in [0.2, 0.25) is 0 Å². The number of furan rings is 1. The van der Waals surface area contributed by atoms with Crippen molar-refractivity contribution in [1.82, 2.24) is 9.78 Å². The Kier molecular flexibility index (Phi) is 3.10. The maximum absolute atomic E-state index is 9.87. The first kappa shape index (κ1) is 11.0. The van der Waals surface area contributed by atoms with Gasteiger partial charge in [-0.1, -0.05) is 0 Å². The lowest BCUT2D eigenvalue weighted by Gasteiger charge is -2.06. The third kappa shape index (κ3) is 2.33. The summed E-state index contributed by atoms with van der Waals surface area (Å²) in [7, 11) is 0. The van der Waals surface area contributed by atoms with Gasteiger partial charge in [-0.25, -0.2) is 0 Å². The zero-order chi connectivity index (χ0) is 11.5. The maximum Gasteiger partial charge on any atom is 0.132 e. The van der Waals surface area contributed by atoms with Gasteiger partial charge in [-0.05, 0) is 32.0 Å². The molecule has 0 spiro atoms. The number of hydrogen-bond acceptors (Lipinski definition) is 3. The Morgan fingerprint density at radius 2 is 2.25 bits per heavy atom. The third-order valence-corrected chi connectivity index (χ3v) is 2.47. The van der Waals surface area contributed by atoms with Crippen LogP contribution in [0.25, 0.3) is 0 Å². The van der Waals surface area contributed by atoms with Crippen LogP contribution in [0.4, 0.5) is 0 Å². The van der Waals surface area contributed by atoms with Gasteiger partial charge in [0.2, 0.25) is 0 Å². The second-order valence-electron chi connectivity index (χ2n) is 4.12.